The van der Waals surface area contributed by atoms with Crippen molar-refractivity contribution in [2.75, 3.05) is 51.4 Å². The van der Waals surface area contributed by atoms with Crippen LogP contribution in [0.2, 0.25) is 0 Å². The minimum atomic E-state index is -2.93. The molecule has 0 unspecified atom stereocenters. The summed E-state index contributed by atoms with van der Waals surface area (Å²) in [5.41, 5.74) is -0.150. The van der Waals surface area contributed by atoms with Crippen LogP contribution in [0.1, 0.15) is 6.42 Å². The Morgan fingerprint density at radius 2 is 1.96 bits per heavy atom. The van der Waals surface area contributed by atoms with Gasteiger partial charge in [0.2, 0.25) is 0 Å². The first-order valence-electron chi connectivity index (χ1n) is 8.96. The van der Waals surface area contributed by atoms with Crippen LogP contribution in [-0.4, -0.2) is 86.5 Å². The summed E-state index contributed by atoms with van der Waals surface area (Å²) in [5.74, 6) is 0.643. The number of nitro benzene ring substituents is 1. The van der Waals surface area contributed by atoms with E-state index in [2.05, 4.69) is 4.90 Å². The topological polar surface area (TPSA) is 119 Å². The highest BCUT2D eigenvalue weighted by molar-refractivity contribution is 7.91. The van der Waals surface area contributed by atoms with Gasteiger partial charge in [-0.05, 0) is 12.5 Å². The molecule has 0 bridgehead atoms. The molecule has 2 fully saturated rings. The summed E-state index contributed by atoms with van der Waals surface area (Å²) in [6.45, 7) is 1.96. The van der Waals surface area contributed by atoms with Crippen molar-refractivity contribution in [2.24, 2.45) is 0 Å². The Hall–Kier alpha value is -2.40. The van der Waals surface area contributed by atoms with Gasteiger partial charge in [-0.15, -0.1) is 0 Å². The van der Waals surface area contributed by atoms with Gasteiger partial charge in [-0.3, -0.25) is 19.8 Å². The van der Waals surface area contributed by atoms with Crippen LogP contribution in [0.5, 0.6) is 11.5 Å². The van der Waals surface area contributed by atoms with Crippen LogP contribution in [0, 0.1) is 10.1 Å². The van der Waals surface area contributed by atoms with E-state index < -0.39 is 14.8 Å². The number of rotatable bonds is 6. The van der Waals surface area contributed by atoms with Crippen LogP contribution in [0.3, 0.4) is 0 Å². The first-order chi connectivity index (χ1) is 13.3. The number of carbonyl (C=O) groups is 1. The number of sulfone groups is 1. The van der Waals surface area contributed by atoms with E-state index in [4.69, 9.17) is 9.47 Å². The lowest BCUT2D eigenvalue weighted by Crippen LogP contribution is -2.53. The molecule has 0 aromatic heterocycles. The highest BCUT2D eigenvalue weighted by Crippen LogP contribution is 2.31. The summed E-state index contributed by atoms with van der Waals surface area (Å²) in [6.07, 6.45) is 0.645. The zero-order chi connectivity index (χ0) is 20.3. The lowest BCUT2D eigenvalue weighted by Gasteiger charge is -2.37. The second-order valence-electron chi connectivity index (χ2n) is 6.85. The van der Waals surface area contributed by atoms with Crippen molar-refractivity contribution in [1.29, 1.82) is 0 Å². The fourth-order valence-electron chi connectivity index (χ4n) is 3.52. The molecule has 0 N–H and O–H groups in total. The van der Waals surface area contributed by atoms with Gasteiger partial charge in [0.05, 0.1) is 29.6 Å². The highest BCUT2D eigenvalue weighted by Gasteiger charge is 2.34. The largest absolute Gasteiger partial charge is 0.493 e. The van der Waals surface area contributed by atoms with Gasteiger partial charge >= 0.3 is 0 Å². The van der Waals surface area contributed by atoms with Gasteiger partial charge in [0.15, 0.2) is 27.9 Å². The molecule has 10 nitrogen and oxygen atoms in total. The number of nitro groups is 1. The summed E-state index contributed by atoms with van der Waals surface area (Å²) < 4.78 is 33.9. The van der Waals surface area contributed by atoms with Crippen LogP contribution >= 0.6 is 0 Å². The minimum Gasteiger partial charge on any atom is -0.493 e. The van der Waals surface area contributed by atoms with Gasteiger partial charge in [0.1, 0.15) is 0 Å². The third-order valence-corrected chi connectivity index (χ3v) is 6.85. The van der Waals surface area contributed by atoms with Crippen molar-refractivity contribution in [2.45, 2.75) is 12.5 Å². The van der Waals surface area contributed by atoms with Gasteiger partial charge in [0.25, 0.3) is 11.6 Å². The van der Waals surface area contributed by atoms with Gasteiger partial charge in [-0.1, -0.05) is 0 Å². The Kier molecular flexibility index (Phi) is 6.04. The van der Waals surface area contributed by atoms with Crippen LogP contribution < -0.4 is 9.47 Å². The van der Waals surface area contributed by atoms with E-state index in [-0.39, 0.29) is 41.5 Å². The Balaban J connectivity index is 1.53. The molecule has 154 valence electrons. The van der Waals surface area contributed by atoms with Crippen molar-refractivity contribution in [3.05, 3.63) is 28.3 Å². The maximum absolute atomic E-state index is 12.4. The van der Waals surface area contributed by atoms with E-state index in [0.29, 0.717) is 38.3 Å². The fourth-order valence-corrected chi connectivity index (χ4v) is 5.28. The number of hydrogen-bond acceptors (Lipinski definition) is 8. The number of ether oxygens (including phenoxy) is 2. The number of non-ortho nitro benzene ring substituents is 1. The molecule has 2 aliphatic heterocycles. The zero-order valence-corrected chi connectivity index (χ0v) is 16.4. The molecule has 0 spiro atoms. The number of piperazine rings is 1. The molecule has 1 aromatic carbocycles. The number of hydrogen-bond donors (Lipinski definition) is 0. The second kappa shape index (κ2) is 8.31. The highest BCUT2D eigenvalue weighted by atomic mass is 32.2. The molecule has 1 amide bonds. The lowest BCUT2D eigenvalue weighted by molar-refractivity contribution is -0.385. The van der Waals surface area contributed by atoms with Crippen LogP contribution in [0.15, 0.2) is 18.2 Å². The molecule has 0 saturated carbocycles. The Morgan fingerprint density at radius 3 is 2.54 bits per heavy atom. The van der Waals surface area contributed by atoms with E-state index in [9.17, 15) is 23.3 Å². The molecule has 28 heavy (non-hydrogen) atoms. The molecular weight excluding hydrogens is 390 g/mol. The molecule has 0 radical (unpaired) electrons. The molecule has 2 heterocycles. The Morgan fingerprint density at radius 1 is 1.25 bits per heavy atom. The summed E-state index contributed by atoms with van der Waals surface area (Å²) >= 11 is 0. The van der Waals surface area contributed by atoms with Crippen LogP contribution in [-0.2, 0) is 14.6 Å². The fraction of sp³-hybridized carbons (Fsp3) is 0.588. The molecule has 3 rings (SSSR count). The van der Waals surface area contributed by atoms with Crippen molar-refractivity contribution in [3.63, 3.8) is 0 Å². The maximum atomic E-state index is 12.4. The SMILES string of the molecule is COc1ccc([N+](=O)[O-])cc1OCC(=O)N1CCN([C@H]2CCS(=O)(=O)C2)CC1. The second-order valence-corrected chi connectivity index (χ2v) is 9.08. The van der Waals surface area contributed by atoms with E-state index in [1.165, 1.54) is 25.3 Å². The normalized spacial score (nSPS) is 22.0. The molecule has 0 aliphatic carbocycles. The number of amides is 1. The third kappa shape index (κ3) is 4.71. The number of nitrogens with zero attached hydrogens (tertiary/aromatic N) is 3. The minimum absolute atomic E-state index is 0.0348. The van der Waals surface area contributed by atoms with Crippen molar-refractivity contribution in [3.8, 4) is 11.5 Å². The Labute approximate surface area is 163 Å². The molecule has 1 aromatic rings. The predicted molar refractivity (Wildman–Crippen MR) is 100 cm³/mol. The smallest absolute Gasteiger partial charge is 0.273 e. The monoisotopic (exact) mass is 413 g/mol. The maximum Gasteiger partial charge on any atom is 0.273 e. The molecule has 2 saturated heterocycles. The zero-order valence-electron chi connectivity index (χ0n) is 15.6. The van der Waals surface area contributed by atoms with Gasteiger partial charge in [-0.25, -0.2) is 8.42 Å². The number of methoxy groups -OCH3 is 1. The van der Waals surface area contributed by atoms with Crippen molar-refractivity contribution in [1.82, 2.24) is 9.80 Å². The standard InChI is InChI=1S/C17H23N3O7S/c1-26-15-3-2-13(20(22)23)10-16(15)27-11-17(21)19-7-5-18(6-8-19)14-4-9-28(24,25)12-14/h2-3,10,14H,4-9,11-12H2,1H3/t14-/m0/s1. The van der Waals surface area contributed by atoms with Crippen LogP contribution in [0.25, 0.3) is 0 Å². The first kappa shape index (κ1) is 20.3. The van der Waals surface area contributed by atoms with Gasteiger partial charge in [0, 0.05) is 38.3 Å². The quantitative estimate of drug-likeness (QED) is 0.483. The summed E-state index contributed by atoms with van der Waals surface area (Å²) in [5, 5.41) is 10.9. The van der Waals surface area contributed by atoms with Gasteiger partial charge < -0.3 is 14.4 Å². The number of benzene rings is 1. The van der Waals surface area contributed by atoms with Crippen molar-refractivity contribution >= 4 is 21.4 Å². The van der Waals surface area contributed by atoms with E-state index in [0.717, 1.165) is 0 Å². The molecule has 2 aliphatic rings. The summed E-state index contributed by atoms with van der Waals surface area (Å²) in [4.78, 5) is 26.6. The number of carbonyl (C=O) groups excluding carboxylic acids is 1. The average Bonchev–Trinajstić information content (AvgIpc) is 3.05. The molecule has 11 heteroatoms. The van der Waals surface area contributed by atoms with E-state index >= 15 is 0 Å². The Bertz CT molecular complexity index is 850. The third-order valence-electron chi connectivity index (χ3n) is 5.10. The summed E-state index contributed by atoms with van der Waals surface area (Å²) in [7, 11) is -1.52. The van der Waals surface area contributed by atoms with E-state index in [1.54, 1.807) is 4.90 Å². The first-order valence-corrected chi connectivity index (χ1v) is 10.8. The predicted octanol–water partition coefficient (Wildman–Crippen LogP) is 0.314. The van der Waals surface area contributed by atoms with Crippen molar-refractivity contribution < 1.29 is 27.6 Å². The molecular formula is C17H23N3O7S. The lowest BCUT2D eigenvalue weighted by atomic mass is 10.2. The van der Waals surface area contributed by atoms with Crippen LogP contribution in [0.4, 0.5) is 5.69 Å². The van der Waals surface area contributed by atoms with E-state index in [1.807, 2.05) is 0 Å². The summed E-state index contributed by atoms with van der Waals surface area (Å²) in [6, 6.07) is 3.99. The van der Waals surface area contributed by atoms with Gasteiger partial charge in [-0.2, -0.15) is 0 Å². The molecule has 1 atom stereocenters. The average molecular weight is 413 g/mol.